The van der Waals surface area contributed by atoms with Crippen LogP contribution in [0.1, 0.15) is 12.8 Å². The van der Waals surface area contributed by atoms with Gasteiger partial charge >= 0.3 is 0 Å². The lowest BCUT2D eigenvalue weighted by atomic mass is 10.2. The second-order valence-corrected chi connectivity index (χ2v) is 7.43. The number of halogens is 1. The van der Waals surface area contributed by atoms with Crippen LogP contribution >= 0.6 is 0 Å². The number of likely N-dealkylation sites (tertiary alicyclic amines) is 1. The van der Waals surface area contributed by atoms with Crippen LogP contribution in [0.15, 0.2) is 49.1 Å². The van der Waals surface area contributed by atoms with E-state index in [1.807, 2.05) is 12.1 Å². The van der Waals surface area contributed by atoms with Gasteiger partial charge in [0.25, 0.3) is 0 Å². The number of hydrogen-bond donors (Lipinski definition) is 1. The molecular weight excluding hydrogens is 399 g/mol. The third-order valence-corrected chi connectivity index (χ3v) is 5.37. The molecule has 10 heteroatoms. The molecule has 4 aromatic rings. The maximum atomic E-state index is 13.8. The summed E-state index contributed by atoms with van der Waals surface area (Å²) in [5.74, 6) is 0.378. The topological polar surface area (TPSA) is 93.4 Å². The number of fused-ring (bicyclic) bond motifs is 1. The lowest BCUT2D eigenvalue weighted by Gasteiger charge is -2.19. The van der Waals surface area contributed by atoms with Gasteiger partial charge in [-0.2, -0.15) is 0 Å². The molecule has 0 amide bonds. The first kappa shape index (κ1) is 19.3. The maximum Gasteiger partial charge on any atom is 0.231 e. The van der Waals surface area contributed by atoms with Crippen molar-refractivity contribution in [3.05, 3.63) is 54.9 Å². The summed E-state index contributed by atoms with van der Waals surface area (Å²) in [4.78, 5) is 19.2. The summed E-state index contributed by atoms with van der Waals surface area (Å²) in [5, 5.41) is 7.35. The zero-order valence-corrected chi connectivity index (χ0v) is 16.9. The number of imidazole rings is 1. The van der Waals surface area contributed by atoms with Gasteiger partial charge in [0.15, 0.2) is 17.3 Å². The van der Waals surface area contributed by atoms with Crippen LogP contribution in [0.3, 0.4) is 0 Å². The lowest BCUT2D eigenvalue weighted by Crippen LogP contribution is -2.30. The van der Waals surface area contributed by atoms with E-state index >= 15 is 0 Å². The van der Waals surface area contributed by atoms with Crippen molar-refractivity contribution in [2.75, 3.05) is 25.5 Å². The molecule has 1 unspecified atom stereocenters. The summed E-state index contributed by atoms with van der Waals surface area (Å²) in [6, 6.07) is 6.94. The molecule has 1 fully saturated rings. The molecule has 9 nitrogen and oxygen atoms in total. The van der Waals surface area contributed by atoms with Gasteiger partial charge in [0.05, 0.1) is 11.9 Å². The zero-order valence-electron chi connectivity index (χ0n) is 16.9. The Labute approximate surface area is 178 Å². The number of aromatic nitrogens is 6. The standard InChI is InChI=1S/C21H21FN8O/c1-29-9-3-4-15(29)13-31-19-7-6-18-24-12-17(30(18)28-19)14-10-25-21(26-11-14)27-20-16(22)5-2-8-23-20/h2,5-8,10-12,15H,3-4,9,13H2,1H3,(H,23,25,26,27). The molecule has 5 rings (SSSR count). The largest absolute Gasteiger partial charge is 0.475 e. The first-order chi connectivity index (χ1) is 15.2. The second-order valence-electron chi connectivity index (χ2n) is 7.43. The molecule has 0 aliphatic carbocycles. The number of rotatable bonds is 6. The third kappa shape index (κ3) is 4.02. The van der Waals surface area contributed by atoms with Gasteiger partial charge in [0.2, 0.25) is 11.8 Å². The average molecular weight is 420 g/mol. The minimum atomic E-state index is -0.475. The molecule has 1 saturated heterocycles. The number of nitrogens with zero attached hydrogens (tertiary/aromatic N) is 7. The van der Waals surface area contributed by atoms with Crippen LogP contribution < -0.4 is 10.1 Å². The number of anilines is 2. The van der Waals surface area contributed by atoms with Crippen molar-refractivity contribution in [3.63, 3.8) is 0 Å². The van der Waals surface area contributed by atoms with Crippen molar-refractivity contribution >= 4 is 17.4 Å². The van der Waals surface area contributed by atoms with Gasteiger partial charge in [0, 0.05) is 36.3 Å². The normalized spacial score (nSPS) is 16.6. The Morgan fingerprint density at radius 3 is 2.77 bits per heavy atom. The molecule has 5 heterocycles. The van der Waals surface area contributed by atoms with E-state index in [0.717, 1.165) is 24.2 Å². The van der Waals surface area contributed by atoms with E-state index in [4.69, 9.17) is 4.74 Å². The van der Waals surface area contributed by atoms with Crippen LogP contribution in [0.4, 0.5) is 16.2 Å². The van der Waals surface area contributed by atoms with Crippen molar-refractivity contribution in [3.8, 4) is 17.1 Å². The number of likely N-dealkylation sites (N-methyl/N-ethyl adjacent to an activating group) is 1. The summed E-state index contributed by atoms with van der Waals surface area (Å²) in [6.07, 6.45) is 8.79. The summed E-state index contributed by atoms with van der Waals surface area (Å²) in [6.45, 7) is 1.70. The van der Waals surface area contributed by atoms with Crippen LogP contribution in [0, 0.1) is 5.82 Å². The van der Waals surface area contributed by atoms with Gasteiger partial charge in [-0.15, -0.1) is 5.10 Å². The van der Waals surface area contributed by atoms with Gasteiger partial charge in [-0.3, -0.25) is 0 Å². The van der Waals surface area contributed by atoms with Gasteiger partial charge in [0.1, 0.15) is 6.61 Å². The van der Waals surface area contributed by atoms with E-state index < -0.39 is 5.82 Å². The fourth-order valence-corrected chi connectivity index (χ4v) is 3.61. The SMILES string of the molecule is CN1CCCC1COc1ccc2ncc(-c3cnc(Nc4ncccc4F)nc3)n2n1. The van der Waals surface area contributed by atoms with Gasteiger partial charge < -0.3 is 15.0 Å². The summed E-state index contributed by atoms with van der Waals surface area (Å²) in [5.41, 5.74) is 2.15. The molecule has 31 heavy (non-hydrogen) atoms. The Balaban J connectivity index is 1.35. The number of nitrogens with one attached hydrogen (secondary N) is 1. The number of pyridine rings is 1. The van der Waals surface area contributed by atoms with Crippen LogP contribution in [0.5, 0.6) is 5.88 Å². The first-order valence-corrected chi connectivity index (χ1v) is 10.1. The van der Waals surface area contributed by atoms with Crippen LogP contribution in [0.2, 0.25) is 0 Å². The molecule has 0 spiro atoms. The Morgan fingerprint density at radius 1 is 1.13 bits per heavy atom. The van der Waals surface area contributed by atoms with E-state index in [9.17, 15) is 4.39 Å². The monoisotopic (exact) mass is 420 g/mol. The van der Waals surface area contributed by atoms with E-state index in [0.29, 0.717) is 24.2 Å². The summed E-state index contributed by atoms with van der Waals surface area (Å²) < 4.78 is 21.4. The molecule has 1 N–H and O–H groups in total. The molecule has 1 atom stereocenters. The number of ether oxygens (including phenoxy) is 1. The Bertz CT molecular complexity index is 1200. The predicted octanol–water partition coefficient (Wildman–Crippen LogP) is 2.94. The highest BCUT2D eigenvalue weighted by molar-refractivity contribution is 5.62. The molecule has 158 valence electrons. The highest BCUT2D eigenvalue weighted by Gasteiger charge is 2.21. The number of hydrogen-bond acceptors (Lipinski definition) is 8. The van der Waals surface area contributed by atoms with E-state index in [1.165, 1.54) is 24.8 Å². The van der Waals surface area contributed by atoms with Crippen LogP contribution in [-0.4, -0.2) is 60.7 Å². The molecule has 0 saturated carbocycles. The molecule has 0 aromatic carbocycles. The molecular formula is C21H21FN8O. The fourth-order valence-electron chi connectivity index (χ4n) is 3.61. The molecule has 0 radical (unpaired) electrons. The van der Waals surface area contributed by atoms with Gasteiger partial charge in [-0.25, -0.2) is 28.8 Å². The smallest absolute Gasteiger partial charge is 0.231 e. The van der Waals surface area contributed by atoms with Gasteiger partial charge in [-0.05, 0) is 44.6 Å². The predicted molar refractivity (Wildman–Crippen MR) is 113 cm³/mol. The first-order valence-electron chi connectivity index (χ1n) is 10.1. The fraction of sp³-hybridized carbons (Fsp3) is 0.286. The second kappa shape index (κ2) is 8.23. The Morgan fingerprint density at radius 2 is 2.00 bits per heavy atom. The van der Waals surface area contributed by atoms with Crippen molar-refractivity contribution in [1.82, 2.24) is 34.4 Å². The van der Waals surface area contributed by atoms with Crippen molar-refractivity contribution in [2.24, 2.45) is 0 Å². The van der Waals surface area contributed by atoms with Gasteiger partial charge in [-0.1, -0.05) is 0 Å². The maximum absolute atomic E-state index is 13.8. The molecule has 4 aromatic heterocycles. The highest BCUT2D eigenvalue weighted by atomic mass is 19.1. The average Bonchev–Trinajstić information content (AvgIpc) is 3.40. The quantitative estimate of drug-likeness (QED) is 0.509. The summed E-state index contributed by atoms with van der Waals surface area (Å²) >= 11 is 0. The van der Waals surface area contributed by atoms with E-state index in [1.54, 1.807) is 23.1 Å². The van der Waals surface area contributed by atoms with E-state index in [-0.39, 0.29) is 11.8 Å². The molecule has 0 bridgehead atoms. The van der Waals surface area contributed by atoms with Crippen LogP contribution in [-0.2, 0) is 0 Å². The van der Waals surface area contributed by atoms with Crippen molar-refractivity contribution in [1.29, 1.82) is 0 Å². The van der Waals surface area contributed by atoms with Crippen molar-refractivity contribution in [2.45, 2.75) is 18.9 Å². The summed E-state index contributed by atoms with van der Waals surface area (Å²) in [7, 11) is 2.12. The van der Waals surface area contributed by atoms with Crippen LogP contribution in [0.25, 0.3) is 16.9 Å². The third-order valence-electron chi connectivity index (χ3n) is 5.37. The highest BCUT2D eigenvalue weighted by Crippen LogP contribution is 2.22. The van der Waals surface area contributed by atoms with E-state index in [2.05, 4.69) is 42.3 Å². The minimum absolute atomic E-state index is 0.0708. The molecule has 1 aliphatic heterocycles. The Hall–Kier alpha value is -3.66. The molecule has 1 aliphatic rings. The Kier molecular flexibility index (Phi) is 5.13. The van der Waals surface area contributed by atoms with Crippen molar-refractivity contribution < 1.29 is 9.13 Å². The zero-order chi connectivity index (χ0) is 21.2. The minimum Gasteiger partial charge on any atom is -0.475 e. The lowest BCUT2D eigenvalue weighted by molar-refractivity contribution is 0.191.